The van der Waals surface area contributed by atoms with Crippen molar-refractivity contribution in [1.82, 2.24) is 0 Å². The Balaban J connectivity index is 1.95. The SMILES string of the molecule is C=C(CCC(=C)C1CC(C)CCC1C(C)C)C1CC(C)CCC1C(C)C. The third-order valence-electron chi connectivity index (χ3n) is 7.86. The molecular formula is C26H46. The quantitative estimate of drug-likeness (QED) is 0.401. The first-order valence-corrected chi connectivity index (χ1v) is 11.6. The molecule has 0 spiro atoms. The lowest BCUT2D eigenvalue weighted by molar-refractivity contribution is 0.162. The van der Waals surface area contributed by atoms with Crippen molar-refractivity contribution in [3.05, 3.63) is 24.3 Å². The average Bonchev–Trinajstić information content (AvgIpc) is 2.58. The van der Waals surface area contributed by atoms with E-state index in [4.69, 9.17) is 0 Å². The van der Waals surface area contributed by atoms with Crippen LogP contribution in [0, 0.1) is 47.3 Å². The van der Waals surface area contributed by atoms with Crippen molar-refractivity contribution in [2.75, 3.05) is 0 Å². The van der Waals surface area contributed by atoms with Gasteiger partial charge >= 0.3 is 0 Å². The summed E-state index contributed by atoms with van der Waals surface area (Å²) in [6.45, 7) is 23.7. The number of hydrogen-bond donors (Lipinski definition) is 0. The summed E-state index contributed by atoms with van der Waals surface area (Å²) in [4.78, 5) is 0. The van der Waals surface area contributed by atoms with Crippen LogP contribution in [0.25, 0.3) is 0 Å². The predicted molar refractivity (Wildman–Crippen MR) is 117 cm³/mol. The summed E-state index contributed by atoms with van der Waals surface area (Å²) in [6, 6.07) is 0. The molecule has 0 heterocycles. The van der Waals surface area contributed by atoms with E-state index in [9.17, 15) is 0 Å². The van der Waals surface area contributed by atoms with Crippen LogP contribution in [0.5, 0.6) is 0 Å². The zero-order valence-corrected chi connectivity index (χ0v) is 18.7. The summed E-state index contributed by atoms with van der Waals surface area (Å²) >= 11 is 0. The van der Waals surface area contributed by atoms with Gasteiger partial charge in [-0.25, -0.2) is 0 Å². The van der Waals surface area contributed by atoms with Gasteiger partial charge in [-0.2, -0.15) is 0 Å². The Morgan fingerprint density at radius 2 is 1.04 bits per heavy atom. The first-order chi connectivity index (χ1) is 12.2. The molecule has 0 nitrogen and oxygen atoms in total. The number of hydrogen-bond acceptors (Lipinski definition) is 0. The smallest absolute Gasteiger partial charge is 0.0172 e. The lowest BCUT2D eigenvalue weighted by atomic mass is 9.65. The second kappa shape index (κ2) is 9.61. The van der Waals surface area contributed by atoms with E-state index in [1.165, 1.54) is 62.5 Å². The van der Waals surface area contributed by atoms with Crippen molar-refractivity contribution in [1.29, 1.82) is 0 Å². The van der Waals surface area contributed by atoms with Crippen LogP contribution in [0.3, 0.4) is 0 Å². The minimum Gasteiger partial charge on any atom is -0.0996 e. The third-order valence-corrected chi connectivity index (χ3v) is 7.86. The minimum atomic E-state index is 0.748. The van der Waals surface area contributed by atoms with Gasteiger partial charge in [0.05, 0.1) is 0 Å². The van der Waals surface area contributed by atoms with Gasteiger partial charge in [0.2, 0.25) is 0 Å². The molecule has 2 fully saturated rings. The standard InChI is InChI=1S/C26H46/c1-17(2)23-13-9-19(5)15-25(23)21(7)11-12-22(8)26-16-20(6)10-14-24(26)18(3)4/h17-20,23-26H,7-16H2,1-6H3. The van der Waals surface area contributed by atoms with E-state index in [-0.39, 0.29) is 0 Å². The Labute approximate surface area is 164 Å². The van der Waals surface area contributed by atoms with E-state index in [1.807, 2.05) is 0 Å². The van der Waals surface area contributed by atoms with Gasteiger partial charge in [0.1, 0.15) is 0 Å². The molecule has 0 aromatic carbocycles. The van der Waals surface area contributed by atoms with Crippen molar-refractivity contribution in [2.45, 2.75) is 92.9 Å². The zero-order valence-electron chi connectivity index (χ0n) is 18.7. The Hall–Kier alpha value is -0.520. The van der Waals surface area contributed by atoms with E-state index in [0.29, 0.717) is 0 Å². The van der Waals surface area contributed by atoms with Gasteiger partial charge < -0.3 is 0 Å². The summed E-state index contributed by atoms with van der Waals surface area (Å²) in [6.07, 6.45) is 10.7. The van der Waals surface area contributed by atoms with Crippen LogP contribution in [0.2, 0.25) is 0 Å². The molecule has 6 unspecified atom stereocenters. The maximum Gasteiger partial charge on any atom is -0.0172 e. The fraction of sp³-hybridized carbons (Fsp3) is 0.846. The van der Waals surface area contributed by atoms with Crippen molar-refractivity contribution >= 4 is 0 Å². The molecule has 0 aliphatic heterocycles. The van der Waals surface area contributed by atoms with Crippen LogP contribution in [-0.2, 0) is 0 Å². The molecule has 6 atom stereocenters. The molecule has 26 heavy (non-hydrogen) atoms. The molecule has 2 saturated carbocycles. The first kappa shape index (κ1) is 21.8. The minimum absolute atomic E-state index is 0.748. The Morgan fingerprint density at radius 1 is 0.692 bits per heavy atom. The van der Waals surface area contributed by atoms with Crippen LogP contribution < -0.4 is 0 Å². The molecule has 0 heteroatoms. The van der Waals surface area contributed by atoms with Gasteiger partial charge in [0.25, 0.3) is 0 Å². The van der Waals surface area contributed by atoms with Crippen LogP contribution in [-0.4, -0.2) is 0 Å². The Bertz CT molecular complexity index is 424. The molecule has 0 aromatic heterocycles. The summed E-state index contributed by atoms with van der Waals surface area (Å²) < 4.78 is 0. The monoisotopic (exact) mass is 358 g/mol. The van der Waals surface area contributed by atoms with Crippen LogP contribution in [0.4, 0.5) is 0 Å². The second-order valence-electron chi connectivity index (χ2n) is 10.7. The Morgan fingerprint density at radius 3 is 1.35 bits per heavy atom. The van der Waals surface area contributed by atoms with Crippen molar-refractivity contribution < 1.29 is 0 Å². The molecule has 0 bridgehead atoms. The highest BCUT2D eigenvalue weighted by molar-refractivity contribution is 5.12. The summed E-state index contributed by atoms with van der Waals surface area (Å²) in [5.41, 5.74) is 3.06. The second-order valence-corrected chi connectivity index (χ2v) is 10.7. The lowest BCUT2D eigenvalue weighted by Crippen LogP contribution is -2.30. The lowest BCUT2D eigenvalue weighted by Gasteiger charge is -2.40. The van der Waals surface area contributed by atoms with E-state index >= 15 is 0 Å². The highest BCUT2D eigenvalue weighted by atomic mass is 14.4. The van der Waals surface area contributed by atoms with Gasteiger partial charge in [-0.15, -0.1) is 0 Å². The maximum atomic E-state index is 4.59. The molecule has 0 radical (unpaired) electrons. The zero-order chi connectivity index (χ0) is 19.4. The van der Waals surface area contributed by atoms with Gasteiger partial charge in [-0.3, -0.25) is 0 Å². The van der Waals surface area contributed by atoms with E-state index in [2.05, 4.69) is 54.7 Å². The molecular weight excluding hydrogens is 312 g/mol. The largest absolute Gasteiger partial charge is 0.0996 e. The average molecular weight is 359 g/mol. The fourth-order valence-corrected chi connectivity index (χ4v) is 6.04. The normalized spacial score (nSPS) is 35.7. The van der Waals surface area contributed by atoms with Gasteiger partial charge in [0, 0.05) is 0 Å². The first-order valence-electron chi connectivity index (χ1n) is 11.6. The van der Waals surface area contributed by atoms with Crippen molar-refractivity contribution in [3.8, 4) is 0 Å². The van der Waals surface area contributed by atoms with Crippen molar-refractivity contribution in [3.63, 3.8) is 0 Å². The third kappa shape index (κ3) is 5.49. The molecule has 0 saturated heterocycles. The van der Waals surface area contributed by atoms with E-state index in [1.54, 1.807) is 0 Å². The predicted octanol–water partition coefficient (Wildman–Crippen LogP) is 8.30. The molecule has 0 amide bonds. The molecule has 150 valence electrons. The van der Waals surface area contributed by atoms with Crippen LogP contribution in [0.1, 0.15) is 92.9 Å². The van der Waals surface area contributed by atoms with Gasteiger partial charge in [-0.05, 0) is 85.9 Å². The highest BCUT2D eigenvalue weighted by Gasteiger charge is 2.34. The molecule has 2 rings (SSSR count). The van der Waals surface area contributed by atoms with E-state index in [0.717, 1.165) is 47.3 Å². The molecule has 0 N–H and O–H groups in total. The Kier molecular flexibility index (Phi) is 8.05. The number of rotatable bonds is 7. The van der Waals surface area contributed by atoms with Gasteiger partial charge in [0.15, 0.2) is 0 Å². The molecule has 2 aliphatic rings. The van der Waals surface area contributed by atoms with Crippen molar-refractivity contribution in [2.24, 2.45) is 47.3 Å². The topological polar surface area (TPSA) is 0 Å². The van der Waals surface area contributed by atoms with Crippen LogP contribution in [0.15, 0.2) is 24.3 Å². The summed E-state index contributed by atoms with van der Waals surface area (Å²) in [5.74, 6) is 6.53. The molecule has 2 aliphatic carbocycles. The maximum absolute atomic E-state index is 4.59. The van der Waals surface area contributed by atoms with Crippen LogP contribution >= 0.6 is 0 Å². The van der Waals surface area contributed by atoms with Gasteiger partial charge in [-0.1, -0.05) is 78.7 Å². The highest BCUT2D eigenvalue weighted by Crippen LogP contribution is 2.45. The summed E-state index contributed by atoms with van der Waals surface area (Å²) in [5, 5.41) is 0. The molecule has 0 aromatic rings. The fourth-order valence-electron chi connectivity index (χ4n) is 6.04. The summed E-state index contributed by atoms with van der Waals surface area (Å²) in [7, 11) is 0. The number of allylic oxidation sites excluding steroid dienone is 2. The van der Waals surface area contributed by atoms with E-state index < -0.39 is 0 Å².